The largest absolute Gasteiger partial charge is 0.370 e. The van der Waals surface area contributed by atoms with Gasteiger partial charge in [0.1, 0.15) is 5.56 Å². The van der Waals surface area contributed by atoms with Crippen LogP contribution in [0.25, 0.3) is 0 Å². The van der Waals surface area contributed by atoms with Gasteiger partial charge in [-0.2, -0.15) is 5.10 Å². The SMILES string of the molecule is Cc1cc(C)n(C)c(=O)c1C(=O)NC[C@@H]1CCN(c2cnn(C)c(=O)c2)C1. The maximum absolute atomic E-state index is 12.5. The lowest BCUT2D eigenvalue weighted by atomic mass is 10.1. The van der Waals surface area contributed by atoms with E-state index in [1.165, 1.54) is 9.25 Å². The Morgan fingerprint density at radius 3 is 2.70 bits per heavy atom. The van der Waals surface area contributed by atoms with Crippen LogP contribution in [-0.2, 0) is 14.1 Å². The molecule has 1 aliphatic rings. The number of amides is 1. The Kier molecular flexibility index (Phi) is 5.16. The van der Waals surface area contributed by atoms with Crippen molar-refractivity contribution in [2.45, 2.75) is 20.3 Å². The maximum atomic E-state index is 12.5. The predicted molar refractivity (Wildman–Crippen MR) is 103 cm³/mol. The van der Waals surface area contributed by atoms with Gasteiger partial charge in [0.05, 0.1) is 11.9 Å². The average Bonchev–Trinajstić information content (AvgIpc) is 3.09. The molecule has 3 heterocycles. The molecule has 0 radical (unpaired) electrons. The van der Waals surface area contributed by atoms with Gasteiger partial charge in [-0.25, -0.2) is 4.68 Å². The number of hydrogen-bond acceptors (Lipinski definition) is 5. The number of rotatable bonds is 4. The Bertz CT molecular complexity index is 992. The highest BCUT2D eigenvalue weighted by Crippen LogP contribution is 2.21. The molecule has 2 aromatic rings. The van der Waals surface area contributed by atoms with Crippen molar-refractivity contribution in [3.8, 4) is 0 Å². The Balaban J connectivity index is 1.64. The lowest BCUT2D eigenvalue weighted by Crippen LogP contribution is -2.37. The lowest BCUT2D eigenvalue weighted by molar-refractivity contribution is 0.0945. The standard InChI is InChI=1S/C19H25N5O3/c1-12-7-13(2)22(3)19(27)17(12)18(26)20-9-14-5-6-24(11-14)15-8-16(25)23(4)21-10-15/h7-8,10,14H,5-6,9,11H2,1-4H3,(H,20,26)/t14-/m0/s1. The van der Waals surface area contributed by atoms with Crippen molar-refractivity contribution >= 4 is 11.6 Å². The van der Waals surface area contributed by atoms with Gasteiger partial charge in [0.25, 0.3) is 17.0 Å². The van der Waals surface area contributed by atoms with E-state index in [1.807, 2.05) is 13.0 Å². The molecule has 0 aliphatic carbocycles. The molecule has 0 aromatic carbocycles. The number of hydrogen-bond donors (Lipinski definition) is 1. The Hall–Kier alpha value is -2.90. The fourth-order valence-electron chi connectivity index (χ4n) is 3.45. The summed E-state index contributed by atoms with van der Waals surface area (Å²) in [7, 11) is 3.28. The van der Waals surface area contributed by atoms with E-state index in [4.69, 9.17) is 0 Å². The Labute approximate surface area is 157 Å². The van der Waals surface area contributed by atoms with Gasteiger partial charge >= 0.3 is 0 Å². The van der Waals surface area contributed by atoms with Crippen molar-refractivity contribution in [3.63, 3.8) is 0 Å². The van der Waals surface area contributed by atoms with Crippen LogP contribution < -0.4 is 21.3 Å². The van der Waals surface area contributed by atoms with Gasteiger partial charge in [-0.15, -0.1) is 0 Å². The number of anilines is 1. The topological polar surface area (TPSA) is 89.2 Å². The third kappa shape index (κ3) is 3.79. The molecule has 1 aliphatic heterocycles. The van der Waals surface area contributed by atoms with Crippen molar-refractivity contribution in [1.82, 2.24) is 19.7 Å². The zero-order valence-electron chi connectivity index (χ0n) is 16.2. The van der Waals surface area contributed by atoms with Crippen molar-refractivity contribution in [2.75, 3.05) is 24.5 Å². The van der Waals surface area contributed by atoms with E-state index in [2.05, 4.69) is 15.3 Å². The molecule has 8 nitrogen and oxygen atoms in total. The molecule has 27 heavy (non-hydrogen) atoms. The summed E-state index contributed by atoms with van der Waals surface area (Å²) in [5, 5.41) is 6.95. The number of carbonyl (C=O) groups excluding carboxylic acids is 1. The van der Waals surface area contributed by atoms with Gasteiger partial charge in [-0.05, 0) is 37.8 Å². The van der Waals surface area contributed by atoms with Gasteiger partial charge in [0.15, 0.2) is 0 Å². The van der Waals surface area contributed by atoms with Crippen LogP contribution in [-0.4, -0.2) is 39.9 Å². The highest BCUT2D eigenvalue weighted by molar-refractivity contribution is 5.95. The second-order valence-electron chi connectivity index (χ2n) is 7.19. The number of aromatic nitrogens is 3. The molecule has 1 atom stereocenters. The van der Waals surface area contributed by atoms with Gasteiger partial charge in [-0.1, -0.05) is 0 Å². The first-order valence-corrected chi connectivity index (χ1v) is 9.01. The first kappa shape index (κ1) is 18.9. The molecular weight excluding hydrogens is 346 g/mol. The molecule has 1 amide bonds. The van der Waals surface area contributed by atoms with Crippen LogP contribution in [0, 0.1) is 19.8 Å². The second kappa shape index (κ2) is 7.38. The van der Waals surface area contributed by atoms with Gasteiger partial charge in [-0.3, -0.25) is 14.4 Å². The smallest absolute Gasteiger partial charge is 0.268 e. The third-order valence-corrected chi connectivity index (χ3v) is 5.25. The fraction of sp³-hybridized carbons (Fsp3) is 0.474. The molecule has 0 spiro atoms. The van der Waals surface area contributed by atoms with Crippen LogP contribution in [0.5, 0.6) is 0 Å². The van der Waals surface area contributed by atoms with E-state index in [-0.39, 0.29) is 28.5 Å². The molecule has 3 rings (SSSR count). The minimum absolute atomic E-state index is 0.144. The summed E-state index contributed by atoms with van der Waals surface area (Å²) in [6.45, 7) is 5.66. The molecular formula is C19H25N5O3. The Morgan fingerprint density at radius 2 is 2.00 bits per heavy atom. The highest BCUT2D eigenvalue weighted by Gasteiger charge is 2.25. The summed E-state index contributed by atoms with van der Waals surface area (Å²) in [4.78, 5) is 38.8. The van der Waals surface area contributed by atoms with E-state index in [0.717, 1.165) is 30.9 Å². The zero-order valence-corrected chi connectivity index (χ0v) is 16.2. The molecule has 8 heteroatoms. The molecule has 0 saturated carbocycles. The Morgan fingerprint density at radius 1 is 1.26 bits per heavy atom. The van der Waals surface area contributed by atoms with Crippen molar-refractivity contribution in [1.29, 1.82) is 0 Å². The van der Waals surface area contributed by atoms with E-state index in [0.29, 0.717) is 12.1 Å². The van der Waals surface area contributed by atoms with Gasteiger partial charge in [0, 0.05) is 45.5 Å². The van der Waals surface area contributed by atoms with Gasteiger partial charge in [0.2, 0.25) is 0 Å². The molecule has 0 bridgehead atoms. The molecule has 1 N–H and O–H groups in total. The van der Waals surface area contributed by atoms with Crippen molar-refractivity contribution < 1.29 is 4.79 Å². The van der Waals surface area contributed by atoms with E-state index >= 15 is 0 Å². The monoisotopic (exact) mass is 371 g/mol. The van der Waals surface area contributed by atoms with E-state index < -0.39 is 0 Å². The van der Waals surface area contributed by atoms with Crippen molar-refractivity contribution in [3.05, 3.63) is 55.9 Å². The van der Waals surface area contributed by atoms with Crippen LogP contribution in [0.2, 0.25) is 0 Å². The van der Waals surface area contributed by atoms with Gasteiger partial charge < -0.3 is 14.8 Å². The summed E-state index contributed by atoms with van der Waals surface area (Å²) in [6, 6.07) is 3.42. The summed E-state index contributed by atoms with van der Waals surface area (Å²) >= 11 is 0. The molecule has 1 fully saturated rings. The molecule has 144 valence electrons. The summed E-state index contributed by atoms with van der Waals surface area (Å²) in [5.41, 5.74) is 2.10. The zero-order chi connectivity index (χ0) is 19.7. The average molecular weight is 371 g/mol. The minimum Gasteiger partial charge on any atom is -0.370 e. The van der Waals surface area contributed by atoms with Crippen LogP contribution in [0.1, 0.15) is 28.0 Å². The minimum atomic E-state index is -0.332. The maximum Gasteiger partial charge on any atom is 0.268 e. The van der Waals surface area contributed by atoms with E-state index in [9.17, 15) is 14.4 Å². The number of pyridine rings is 1. The first-order chi connectivity index (χ1) is 12.8. The number of carbonyl (C=O) groups is 1. The van der Waals surface area contributed by atoms with Crippen LogP contribution >= 0.6 is 0 Å². The van der Waals surface area contributed by atoms with Crippen molar-refractivity contribution in [2.24, 2.45) is 20.0 Å². The van der Waals surface area contributed by atoms with Crippen LogP contribution in [0.4, 0.5) is 5.69 Å². The number of nitrogens with one attached hydrogen (secondary N) is 1. The first-order valence-electron chi connectivity index (χ1n) is 9.01. The number of nitrogens with zero attached hydrogens (tertiary/aromatic N) is 4. The van der Waals surface area contributed by atoms with Crippen LogP contribution in [0.3, 0.4) is 0 Å². The second-order valence-corrected chi connectivity index (χ2v) is 7.19. The fourth-order valence-corrected chi connectivity index (χ4v) is 3.45. The number of aryl methyl sites for hydroxylation is 3. The molecule has 0 unspecified atom stereocenters. The third-order valence-electron chi connectivity index (χ3n) is 5.25. The normalized spacial score (nSPS) is 16.6. The van der Waals surface area contributed by atoms with Crippen LogP contribution in [0.15, 0.2) is 27.9 Å². The van der Waals surface area contributed by atoms with E-state index in [1.54, 1.807) is 33.3 Å². The highest BCUT2D eigenvalue weighted by atomic mass is 16.2. The molecule has 1 saturated heterocycles. The summed E-state index contributed by atoms with van der Waals surface area (Å²) in [5.74, 6) is -0.0746. The quantitative estimate of drug-likeness (QED) is 0.838. The lowest BCUT2D eigenvalue weighted by Gasteiger charge is -2.18. The summed E-state index contributed by atoms with van der Waals surface area (Å²) < 4.78 is 2.78. The predicted octanol–water partition coefficient (Wildman–Crippen LogP) is 0.352. The molecule has 2 aromatic heterocycles. The summed E-state index contributed by atoms with van der Waals surface area (Å²) in [6.07, 6.45) is 2.59.